The van der Waals surface area contributed by atoms with E-state index >= 15 is 0 Å². The molecule has 0 bridgehead atoms. The first-order valence-electron chi connectivity index (χ1n) is 6.34. The number of aliphatic carboxylic acids is 1. The lowest BCUT2D eigenvalue weighted by atomic mass is 10.2. The molecule has 0 spiro atoms. The SMILES string of the molecule is CCN(C(=O)COc1ccccc1F)C(C)CC(=O)O. The molecule has 0 aliphatic rings. The Morgan fingerprint density at radius 2 is 2.05 bits per heavy atom. The number of carboxylic acids is 1. The van der Waals surface area contributed by atoms with E-state index in [1.165, 1.54) is 23.1 Å². The van der Waals surface area contributed by atoms with Crippen LogP contribution in [0, 0.1) is 5.82 Å². The first-order valence-corrected chi connectivity index (χ1v) is 6.34. The number of benzene rings is 1. The average molecular weight is 283 g/mol. The Morgan fingerprint density at radius 3 is 2.60 bits per heavy atom. The molecular formula is C14H18FNO4. The van der Waals surface area contributed by atoms with Gasteiger partial charge in [-0.1, -0.05) is 12.1 Å². The molecule has 0 radical (unpaired) electrons. The summed E-state index contributed by atoms with van der Waals surface area (Å²) in [5, 5.41) is 8.74. The van der Waals surface area contributed by atoms with Crippen molar-refractivity contribution in [2.24, 2.45) is 0 Å². The van der Waals surface area contributed by atoms with E-state index in [0.29, 0.717) is 6.54 Å². The number of halogens is 1. The van der Waals surface area contributed by atoms with Crippen LogP contribution in [0.2, 0.25) is 0 Å². The van der Waals surface area contributed by atoms with Crippen molar-refractivity contribution in [3.63, 3.8) is 0 Å². The van der Waals surface area contributed by atoms with Crippen LogP contribution in [0.4, 0.5) is 4.39 Å². The lowest BCUT2D eigenvalue weighted by molar-refractivity contribution is -0.141. The van der Waals surface area contributed by atoms with Gasteiger partial charge in [-0.2, -0.15) is 0 Å². The second kappa shape index (κ2) is 7.47. The topological polar surface area (TPSA) is 66.8 Å². The van der Waals surface area contributed by atoms with Crippen LogP contribution in [0.15, 0.2) is 24.3 Å². The third kappa shape index (κ3) is 4.53. The highest BCUT2D eigenvalue weighted by molar-refractivity contribution is 5.79. The summed E-state index contributed by atoms with van der Waals surface area (Å²) in [4.78, 5) is 24.0. The summed E-state index contributed by atoms with van der Waals surface area (Å²) < 4.78 is 18.4. The minimum Gasteiger partial charge on any atom is -0.481 e. The molecule has 20 heavy (non-hydrogen) atoms. The average Bonchev–Trinajstić information content (AvgIpc) is 2.37. The van der Waals surface area contributed by atoms with Crippen LogP contribution in [-0.4, -0.2) is 41.1 Å². The molecule has 0 aliphatic heterocycles. The number of carbonyl (C=O) groups is 2. The van der Waals surface area contributed by atoms with E-state index in [2.05, 4.69) is 0 Å². The minimum atomic E-state index is -0.973. The van der Waals surface area contributed by atoms with Crippen molar-refractivity contribution in [3.05, 3.63) is 30.1 Å². The molecule has 0 aromatic heterocycles. The van der Waals surface area contributed by atoms with Crippen LogP contribution in [0.1, 0.15) is 20.3 Å². The molecular weight excluding hydrogens is 265 g/mol. The van der Waals surface area contributed by atoms with Gasteiger partial charge >= 0.3 is 5.97 Å². The van der Waals surface area contributed by atoms with Gasteiger partial charge in [0.05, 0.1) is 6.42 Å². The highest BCUT2D eigenvalue weighted by atomic mass is 19.1. The third-order valence-corrected chi connectivity index (χ3v) is 2.85. The standard InChI is InChI=1S/C14H18FNO4/c1-3-16(10(2)8-14(18)19)13(17)9-20-12-7-5-4-6-11(12)15/h4-7,10H,3,8-9H2,1-2H3,(H,18,19). The summed E-state index contributed by atoms with van der Waals surface area (Å²) >= 11 is 0. The van der Waals surface area contributed by atoms with Crippen molar-refractivity contribution < 1.29 is 23.8 Å². The van der Waals surface area contributed by atoms with Gasteiger partial charge in [0.1, 0.15) is 0 Å². The van der Waals surface area contributed by atoms with E-state index < -0.39 is 17.8 Å². The number of likely N-dealkylation sites (N-methyl/N-ethyl adjacent to an activating group) is 1. The number of hydrogen-bond donors (Lipinski definition) is 1. The maximum atomic E-state index is 13.3. The molecule has 5 nitrogen and oxygen atoms in total. The highest BCUT2D eigenvalue weighted by Crippen LogP contribution is 2.15. The smallest absolute Gasteiger partial charge is 0.305 e. The minimum absolute atomic E-state index is 0.00258. The number of carbonyl (C=O) groups excluding carboxylic acids is 1. The molecule has 1 unspecified atom stereocenters. The molecule has 1 rings (SSSR count). The van der Waals surface area contributed by atoms with Crippen molar-refractivity contribution in [1.29, 1.82) is 0 Å². The van der Waals surface area contributed by atoms with Gasteiger partial charge in [-0.25, -0.2) is 4.39 Å². The molecule has 0 saturated heterocycles. The summed E-state index contributed by atoms with van der Waals surface area (Å²) in [6.07, 6.45) is -0.140. The largest absolute Gasteiger partial charge is 0.481 e. The van der Waals surface area contributed by atoms with Gasteiger partial charge in [0.25, 0.3) is 5.91 Å². The molecule has 1 N–H and O–H groups in total. The molecule has 110 valence electrons. The second-order valence-corrected chi connectivity index (χ2v) is 4.35. The van der Waals surface area contributed by atoms with Crippen molar-refractivity contribution in [2.45, 2.75) is 26.3 Å². The van der Waals surface area contributed by atoms with Crippen molar-refractivity contribution in [2.75, 3.05) is 13.2 Å². The zero-order valence-electron chi connectivity index (χ0n) is 11.5. The van der Waals surface area contributed by atoms with Crippen molar-refractivity contribution >= 4 is 11.9 Å². The second-order valence-electron chi connectivity index (χ2n) is 4.35. The van der Waals surface area contributed by atoms with E-state index in [4.69, 9.17) is 9.84 Å². The lowest BCUT2D eigenvalue weighted by Gasteiger charge is -2.27. The van der Waals surface area contributed by atoms with E-state index in [1.807, 2.05) is 0 Å². The molecule has 1 atom stereocenters. The Morgan fingerprint density at radius 1 is 1.40 bits per heavy atom. The van der Waals surface area contributed by atoms with Gasteiger partial charge in [0, 0.05) is 12.6 Å². The first-order chi connectivity index (χ1) is 9.45. The van der Waals surface area contributed by atoms with Crippen LogP contribution in [0.25, 0.3) is 0 Å². The number of amides is 1. The van der Waals surface area contributed by atoms with Gasteiger partial charge in [-0.05, 0) is 26.0 Å². The molecule has 0 fully saturated rings. The van der Waals surface area contributed by atoms with Gasteiger partial charge in [0.2, 0.25) is 0 Å². The Hall–Kier alpha value is -2.11. The Kier molecular flexibility index (Phi) is 5.96. The first kappa shape index (κ1) is 15.9. The number of ether oxygens (including phenoxy) is 1. The molecule has 0 heterocycles. The summed E-state index contributed by atoms with van der Waals surface area (Å²) in [5.74, 6) is -1.88. The summed E-state index contributed by atoms with van der Waals surface area (Å²) in [6.45, 7) is 3.45. The molecule has 0 saturated carbocycles. The van der Waals surface area contributed by atoms with E-state index in [1.54, 1.807) is 19.9 Å². The summed E-state index contributed by atoms with van der Waals surface area (Å²) in [7, 11) is 0. The Balaban J connectivity index is 2.60. The monoisotopic (exact) mass is 283 g/mol. The number of para-hydroxylation sites is 1. The fourth-order valence-electron chi connectivity index (χ4n) is 1.88. The van der Waals surface area contributed by atoms with E-state index in [0.717, 1.165) is 0 Å². The van der Waals surface area contributed by atoms with Crippen LogP contribution in [-0.2, 0) is 9.59 Å². The molecule has 1 aromatic rings. The summed E-state index contributed by atoms with van der Waals surface area (Å²) in [6, 6.07) is 5.36. The summed E-state index contributed by atoms with van der Waals surface area (Å²) in [5.41, 5.74) is 0. The fourth-order valence-corrected chi connectivity index (χ4v) is 1.88. The lowest BCUT2D eigenvalue weighted by Crippen LogP contribution is -2.42. The normalized spacial score (nSPS) is 11.8. The highest BCUT2D eigenvalue weighted by Gasteiger charge is 2.21. The molecule has 0 aliphatic carbocycles. The number of nitrogens with zero attached hydrogens (tertiary/aromatic N) is 1. The van der Waals surface area contributed by atoms with Gasteiger partial charge < -0.3 is 14.7 Å². The number of rotatable bonds is 7. The number of hydrogen-bond acceptors (Lipinski definition) is 3. The predicted octanol–water partition coefficient (Wildman–Crippen LogP) is 1.92. The maximum absolute atomic E-state index is 13.3. The van der Waals surface area contributed by atoms with E-state index in [9.17, 15) is 14.0 Å². The quantitative estimate of drug-likeness (QED) is 0.830. The third-order valence-electron chi connectivity index (χ3n) is 2.85. The van der Waals surface area contributed by atoms with Gasteiger partial charge in [-0.15, -0.1) is 0 Å². The fraction of sp³-hybridized carbons (Fsp3) is 0.429. The van der Waals surface area contributed by atoms with Crippen LogP contribution in [0.3, 0.4) is 0 Å². The van der Waals surface area contributed by atoms with Crippen LogP contribution in [0.5, 0.6) is 5.75 Å². The van der Waals surface area contributed by atoms with E-state index in [-0.39, 0.29) is 24.7 Å². The zero-order valence-corrected chi connectivity index (χ0v) is 11.5. The van der Waals surface area contributed by atoms with Gasteiger partial charge in [0.15, 0.2) is 18.2 Å². The van der Waals surface area contributed by atoms with Crippen molar-refractivity contribution in [1.82, 2.24) is 4.90 Å². The number of carboxylic acid groups (broad SMARTS) is 1. The molecule has 6 heteroatoms. The molecule has 1 amide bonds. The predicted molar refractivity (Wildman–Crippen MR) is 71.0 cm³/mol. The zero-order chi connectivity index (χ0) is 15.1. The molecule has 1 aromatic carbocycles. The van der Waals surface area contributed by atoms with Gasteiger partial charge in [-0.3, -0.25) is 9.59 Å². The van der Waals surface area contributed by atoms with Crippen LogP contribution < -0.4 is 4.74 Å². The maximum Gasteiger partial charge on any atom is 0.305 e. The van der Waals surface area contributed by atoms with Crippen LogP contribution >= 0.6 is 0 Å². The Bertz CT molecular complexity index is 478. The van der Waals surface area contributed by atoms with Crippen molar-refractivity contribution in [3.8, 4) is 5.75 Å². The Labute approximate surface area is 117 Å².